The van der Waals surface area contributed by atoms with Crippen molar-refractivity contribution in [3.8, 4) is 5.75 Å². The molecule has 0 aromatic heterocycles. The van der Waals surface area contributed by atoms with Gasteiger partial charge in [-0.3, -0.25) is 0 Å². The minimum atomic E-state index is -4.40. The van der Waals surface area contributed by atoms with E-state index in [0.29, 0.717) is 0 Å². The second kappa shape index (κ2) is 10.2. The van der Waals surface area contributed by atoms with E-state index in [0.717, 1.165) is 44.4 Å². The van der Waals surface area contributed by atoms with Crippen molar-refractivity contribution in [3.05, 3.63) is 28.8 Å². The van der Waals surface area contributed by atoms with E-state index in [1.165, 1.54) is 6.07 Å². The molecule has 1 aromatic carbocycles. The van der Waals surface area contributed by atoms with Crippen molar-refractivity contribution in [3.63, 3.8) is 0 Å². The Morgan fingerprint density at radius 3 is 2.50 bits per heavy atom. The summed E-state index contributed by atoms with van der Waals surface area (Å²) in [6.07, 6.45) is -1.04. The zero-order chi connectivity index (χ0) is 15.9. The fourth-order valence-corrected chi connectivity index (χ4v) is 2.11. The fourth-order valence-electron chi connectivity index (χ4n) is 1.95. The molecule has 2 nitrogen and oxygen atoms in total. The number of hydrogen-bond acceptors (Lipinski definition) is 2. The summed E-state index contributed by atoms with van der Waals surface area (Å²) in [7, 11) is 1.83. The van der Waals surface area contributed by atoms with E-state index < -0.39 is 11.7 Å². The van der Waals surface area contributed by atoms with Crippen LogP contribution >= 0.6 is 24.0 Å². The van der Waals surface area contributed by atoms with Gasteiger partial charge < -0.3 is 10.1 Å². The molecule has 22 heavy (non-hydrogen) atoms. The van der Waals surface area contributed by atoms with Gasteiger partial charge in [-0.15, -0.1) is 12.4 Å². The van der Waals surface area contributed by atoms with Crippen molar-refractivity contribution in [1.29, 1.82) is 0 Å². The topological polar surface area (TPSA) is 21.3 Å². The minimum absolute atomic E-state index is 0. The normalized spacial score (nSPS) is 12.6. The molecular formula is C15H22Cl2F3NO. The highest BCUT2D eigenvalue weighted by Gasteiger charge is 2.31. The molecule has 0 spiro atoms. The van der Waals surface area contributed by atoms with Gasteiger partial charge in [-0.2, -0.15) is 13.2 Å². The quantitative estimate of drug-likeness (QED) is 0.677. The van der Waals surface area contributed by atoms with Crippen molar-refractivity contribution >= 4 is 24.0 Å². The van der Waals surface area contributed by atoms with Crippen molar-refractivity contribution in [2.45, 2.75) is 44.9 Å². The average Bonchev–Trinajstić information content (AvgIpc) is 2.42. The van der Waals surface area contributed by atoms with Crippen LogP contribution in [0.4, 0.5) is 13.2 Å². The molecule has 1 N–H and O–H groups in total. The van der Waals surface area contributed by atoms with Crippen LogP contribution in [-0.2, 0) is 6.18 Å². The first kappa shape index (κ1) is 21.4. The van der Waals surface area contributed by atoms with Gasteiger partial charge in [0.15, 0.2) is 0 Å². The highest BCUT2D eigenvalue weighted by molar-refractivity contribution is 6.32. The van der Waals surface area contributed by atoms with E-state index in [-0.39, 0.29) is 29.3 Å². The molecule has 1 atom stereocenters. The zero-order valence-corrected chi connectivity index (χ0v) is 14.2. The molecule has 0 heterocycles. The second-order valence-electron chi connectivity index (χ2n) is 4.92. The highest BCUT2D eigenvalue weighted by atomic mass is 35.5. The number of rotatable bonds is 8. The lowest BCUT2D eigenvalue weighted by atomic mass is 10.1. The Bertz CT molecular complexity index is 433. The third-order valence-electron chi connectivity index (χ3n) is 3.15. The maximum absolute atomic E-state index is 12.7. The van der Waals surface area contributed by atoms with Crippen molar-refractivity contribution in [1.82, 2.24) is 5.32 Å². The second-order valence-corrected chi connectivity index (χ2v) is 5.32. The van der Waals surface area contributed by atoms with Crippen LogP contribution in [0, 0.1) is 0 Å². The molecule has 0 aliphatic heterocycles. The fraction of sp³-hybridized carbons (Fsp3) is 0.600. The number of alkyl halides is 3. The largest absolute Gasteiger partial charge is 0.489 e. The Hall–Kier alpha value is -0.650. The van der Waals surface area contributed by atoms with Crippen molar-refractivity contribution < 1.29 is 17.9 Å². The van der Waals surface area contributed by atoms with Crippen molar-refractivity contribution in [2.75, 3.05) is 13.6 Å². The Labute approximate surface area is 140 Å². The number of unbranched alkanes of at least 4 members (excludes halogenated alkanes) is 1. The molecule has 1 unspecified atom stereocenters. The van der Waals surface area contributed by atoms with E-state index in [9.17, 15) is 13.2 Å². The highest BCUT2D eigenvalue weighted by Crippen LogP contribution is 2.35. The summed E-state index contributed by atoms with van der Waals surface area (Å²) in [6, 6.07) is 3.17. The van der Waals surface area contributed by atoms with Gasteiger partial charge in [-0.25, -0.2) is 0 Å². The van der Waals surface area contributed by atoms with E-state index in [1.54, 1.807) is 0 Å². The molecule has 0 bridgehead atoms. The SMILES string of the molecule is CCCCC(CCNC)Oc1cc(C(F)(F)F)ccc1Cl.Cl. The predicted molar refractivity (Wildman–Crippen MR) is 86.2 cm³/mol. The molecule has 1 aromatic rings. The molecule has 0 aliphatic rings. The zero-order valence-electron chi connectivity index (χ0n) is 12.7. The molecule has 1 rings (SSSR count). The van der Waals surface area contributed by atoms with Crippen molar-refractivity contribution in [2.24, 2.45) is 0 Å². The van der Waals surface area contributed by atoms with Gasteiger partial charge in [0.2, 0.25) is 0 Å². The van der Waals surface area contributed by atoms with Gasteiger partial charge in [0, 0.05) is 0 Å². The Morgan fingerprint density at radius 2 is 1.95 bits per heavy atom. The molecule has 0 radical (unpaired) electrons. The van der Waals surface area contributed by atoms with Gasteiger partial charge in [-0.1, -0.05) is 31.4 Å². The van der Waals surface area contributed by atoms with Crippen LogP contribution in [0.1, 0.15) is 38.2 Å². The van der Waals surface area contributed by atoms with E-state index in [4.69, 9.17) is 16.3 Å². The first-order valence-corrected chi connectivity index (χ1v) is 7.44. The minimum Gasteiger partial charge on any atom is -0.489 e. The van der Waals surface area contributed by atoms with E-state index >= 15 is 0 Å². The third-order valence-corrected chi connectivity index (χ3v) is 3.46. The number of hydrogen-bond donors (Lipinski definition) is 1. The summed E-state index contributed by atoms with van der Waals surface area (Å²) in [5, 5.41) is 3.22. The summed E-state index contributed by atoms with van der Waals surface area (Å²) in [4.78, 5) is 0. The molecule has 0 aliphatic carbocycles. The first-order chi connectivity index (χ1) is 9.88. The average molecular weight is 360 g/mol. The number of ether oxygens (including phenoxy) is 1. The van der Waals surface area contributed by atoms with Crippen LogP contribution in [0.15, 0.2) is 18.2 Å². The molecule has 128 valence electrons. The molecule has 0 fully saturated rings. The molecule has 0 saturated heterocycles. The molecule has 0 saturated carbocycles. The van der Waals surface area contributed by atoms with Crippen LogP contribution in [0.25, 0.3) is 0 Å². The molecular weight excluding hydrogens is 338 g/mol. The smallest absolute Gasteiger partial charge is 0.416 e. The van der Waals surface area contributed by atoms with Crippen LogP contribution in [0.3, 0.4) is 0 Å². The molecule has 0 amide bonds. The lowest BCUT2D eigenvalue weighted by Crippen LogP contribution is -2.23. The number of halogens is 5. The summed E-state index contributed by atoms with van der Waals surface area (Å²) in [5.41, 5.74) is -0.746. The molecule has 7 heteroatoms. The lowest BCUT2D eigenvalue weighted by Gasteiger charge is -2.20. The summed E-state index contributed by atoms with van der Waals surface area (Å²) < 4.78 is 43.9. The van der Waals surface area contributed by atoms with Crippen LogP contribution in [-0.4, -0.2) is 19.7 Å². The maximum atomic E-state index is 12.7. The van der Waals surface area contributed by atoms with Gasteiger partial charge in [0.1, 0.15) is 5.75 Å². The van der Waals surface area contributed by atoms with Crippen LogP contribution < -0.4 is 10.1 Å². The summed E-state index contributed by atoms with van der Waals surface area (Å²) in [6.45, 7) is 2.80. The van der Waals surface area contributed by atoms with Gasteiger partial charge in [0.25, 0.3) is 0 Å². The van der Waals surface area contributed by atoms with Crippen LogP contribution in [0.5, 0.6) is 5.75 Å². The lowest BCUT2D eigenvalue weighted by molar-refractivity contribution is -0.137. The van der Waals surface area contributed by atoms with Gasteiger partial charge in [0.05, 0.1) is 16.7 Å². The van der Waals surface area contributed by atoms with E-state index in [2.05, 4.69) is 12.2 Å². The Morgan fingerprint density at radius 1 is 1.27 bits per heavy atom. The van der Waals surface area contributed by atoms with Crippen LogP contribution in [0.2, 0.25) is 5.02 Å². The summed E-state index contributed by atoms with van der Waals surface area (Å²) >= 11 is 5.95. The third kappa shape index (κ3) is 7.07. The number of nitrogens with one attached hydrogen (secondary N) is 1. The standard InChI is InChI=1S/C15H21ClF3NO.ClH/c1-3-4-5-12(8-9-20-2)21-14-10-11(15(17,18)19)6-7-13(14)16;/h6-7,10,12,20H,3-5,8-9H2,1-2H3;1H. The number of benzene rings is 1. The Kier molecular flexibility index (Phi) is 9.89. The first-order valence-electron chi connectivity index (χ1n) is 7.06. The predicted octanol–water partition coefficient (Wildman–Crippen LogP) is 5.33. The maximum Gasteiger partial charge on any atom is 0.416 e. The Balaban J connectivity index is 0.00000441. The van der Waals surface area contributed by atoms with E-state index in [1.807, 2.05) is 7.05 Å². The van der Waals surface area contributed by atoms with Gasteiger partial charge >= 0.3 is 6.18 Å². The van der Waals surface area contributed by atoms with Gasteiger partial charge in [-0.05, 0) is 44.6 Å². The summed E-state index contributed by atoms with van der Waals surface area (Å²) in [5.74, 6) is 0.101. The monoisotopic (exact) mass is 359 g/mol.